The Balaban J connectivity index is 2.20. The predicted octanol–water partition coefficient (Wildman–Crippen LogP) is 0.569. The highest BCUT2D eigenvalue weighted by Crippen LogP contribution is 2.13. The Morgan fingerprint density at radius 2 is 2.45 bits per heavy atom. The van der Waals surface area contributed by atoms with Crippen molar-refractivity contribution in [3.8, 4) is 0 Å². The van der Waals surface area contributed by atoms with Gasteiger partial charge in [-0.15, -0.1) is 0 Å². The van der Waals surface area contributed by atoms with Crippen molar-refractivity contribution in [2.75, 3.05) is 5.32 Å². The Morgan fingerprint density at radius 1 is 1.60 bits per heavy atom. The van der Waals surface area contributed by atoms with Gasteiger partial charge in [-0.25, -0.2) is 14.8 Å². The number of carboxylic acid groups (broad SMARTS) is 1. The number of nitrogens with zero attached hydrogens (tertiary/aromatic N) is 3. The van der Waals surface area contributed by atoms with Gasteiger partial charge in [-0.2, -0.15) is 0 Å². The lowest BCUT2D eigenvalue weighted by molar-refractivity contribution is -0.129. The van der Waals surface area contributed by atoms with E-state index in [-0.39, 0.29) is 17.7 Å². The van der Waals surface area contributed by atoms with Gasteiger partial charge < -0.3 is 15.3 Å². The van der Waals surface area contributed by atoms with Crippen LogP contribution in [0.1, 0.15) is 18.7 Å². The molecule has 0 saturated heterocycles. The molecule has 0 spiro atoms. The number of amides is 1. The number of carbonyl (C=O) groups excluding carboxylic acids is 1. The molecule has 2 rings (SSSR count). The molecule has 0 aliphatic heterocycles. The van der Waals surface area contributed by atoms with Crippen LogP contribution in [0.4, 0.5) is 5.82 Å². The number of hydrogen-bond donors (Lipinski definition) is 2. The summed E-state index contributed by atoms with van der Waals surface area (Å²) in [5.74, 6) is -1.26. The maximum Gasteiger partial charge on any atom is 0.361 e. The standard InChI is InChI=1S/C12H12N4O4/c17-7-14-9-5-6-13-11(15-9)10(12(18)19)16-20-8-3-1-2-4-8/h1,3,5-8H,2,4H2,(H,18,19)(H,13,14,15,17). The van der Waals surface area contributed by atoms with E-state index >= 15 is 0 Å². The number of aliphatic carboxylic acids is 1. The molecule has 8 heteroatoms. The van der Waals surface area contributed by atoms with Crippen LogP contribution < -0.4 is 5.32 Å². The van der Waals surface area contributed by atoms with Crippen molar-refractivity contribution in [3.63, 3.8) is 0 Å². The molecule has 1 aliphatic rings. The van der Waals surface area contributed by atoms with Crippen molar-refractivity contribution in [2.45, 2.75) is 18.9 Å². The fraction of sp³-hybridized carbons (Fsp3) is 0.250. The maximum absolute atomic E-state index is 11.2. The van der Waals surface area contributed by atoms with Crippen LogP contribution in [0.5, 0.6) is 0 Å². The number of carboxylic acids is 1. The minimum absolute atomic E-state index is 0.133. The monoisotopic (exact) mass is 276 g/mol. The molecule has 0 fully saturated rings. The summed E-state index contributed by atoms with van der Waals surface area (Å²) in [6.45, 7) is 0. The smallest absolute Gasteiger partial charge is 0.361 e. The van der Waals surface area contributed by atoms with Crippen LogP contribution in [0.15, 0.2) is 29.6 Å². The van der Waals surface area contributed by atoms with Crippen LogP contribution in [0.25, 0.3) is 0 Å². The van der Waals surface area contributed by atoms with Gasteiger partial charge in [-0.05, 0) is 25.0 Å². The summed E-state index contributed by atoms with van der Waals surface area (Å²) >= 11 is 0. The minimum Gasteiger partial charge on any atom is -0.476 e. The van der Waals surface area contributed by atoms with Gasteiger partial charge in [0.25, 0.3) is 0 Å². The molecule has 0 radical (unpaired) electrons. The second-order valence-corrected chi connectivity index (χ2v) is 3.92. The zero-order valence-electron chi connectivity index (χ0n) is 10.4. The molecule has 0 aromatic carbocycles. The molecule has 8 nitrogen and oxygen atoms in total. The summed E-state index contributed by atoms with van der Waals surface area (Å²) in [6, 6.07) is 1.43. The van der Waals surface area contributed by atoms with Gasteiger partial charge in [0.2, 0.25) is 12.1 Å². The Bertz CT molecular complexity index is 570. The molecule has 1 aliphatic carbocycles. The van der Waals surface area contributed by atoms with Crippen LogP contribution in [-0.4, -0.2) is 39.3 Å². The third kappa shape index (κ3) is 3.37. The molecule has 0 bridgehead atoms. The van der Waals surface area contributed by atoms with Gasteiger partial charge >= 0.3 is 5.97 Å². The van der Waals surface area contributed by atoms with E-state index in [0.717, 1.165) is 12.8 Å². The topological polar surface area (TPSA) is 114 Å². The van der Waals surface area contributed by atoms with Crippen LogP contribution >= 0.6 is 0 Å². The molecule has 1 unspecified atom stereocenters. The number of rotatable bonds is 6. The first-order valence-corrected chi connectivity index (χ1v) is 5.88. The van der Waals surface area contributed by atoms with Gasteiger partial charge in [-0.1, -0.05) is 11.2 Å². The lowest BCUT2D eigenvalue weighted by Crippen LogP contribution is -2.20. The van der Waals surface area contributed by atoms with E-state index in [1.807, 2.05) is 12.2 Å². The SMILES string of the molecule is O=CNc1ccnc(C(=NOC2C=CCC2)C(=O)O)n1. The largest absolute Gasteiger partial charge is 0.476 e. The molecule has 2 N–H and O–H groups in total. The normalized spacial score (nSPS) is 17.8. The lowest BCUT2D eigenvalue weighted by atomic mass is 10.3. The predicted molar refractivity (Wildman–Crippen MR) is 69.1 cm³/mol. The molecule has 1 amide bonds. The Labute approximate surface area is 114 Å². The zero-order chi connectivity index (χ0) is 14.4. The van der Waals surface area contributed by atoms with Gasteiger partial charge in [0.15, 0.2) is 5.82 Å². The van der Waals surface area contributed by atoms with Crippen molar-refractivity contribution in [1.82, 2.24) is 9.97 Å². The third-order valence-electron chi connectivity index (χ3n) is 2.52. The highest BCUT2D eigenvalue weighted by atomic mass is 16.6. The van der Waals surface area contributed by atoms with Gasteiger partial charge in [0.05, 0.1) is 0 Å². The first kappa shape index (κ1) is 13.7. The van der Waals surface area contributed by atoms with Gasteiger partial charge in [0.1, 0.15) is 11.9 Å². The minimum atomic E-state index is -1.31. The zero-order valence-corrected chi connectivity index (χ0v) is 10.4. The van der Waals surface area contributed by atoms with E-state index in [0.29, 0.717) is 6.41 Å². The molecule has 20 heavy (non-hydrogen) atoms. The number of oxime groups is 1. The van der Waals surface area contributed by atoms with Crippen LogP contribution in [0.2, 0.25) is 0 Å². The highest BCUT2D eigenvalue weighted by Gasteiger charge is 2.19. The second kappa shape index (κ2) is 6.41. The Morgan fingerprint density at radius 3 is 3.10 bits per heavy atom. The number of carbonyl (C=O) groups is 2. The van der Waals surface area contributed by atoms with Crippen LogP contribution in [-0.2, 0) is 14.4 Å². The molecular weight excluding hydrogens is 264 g/mol. The van der Waals surface area contributed by atoms with Crippen molar-refractivity contribution in [2.24, 2.45) is 5.16 Å². The number of aromatic nitrogens is 2. The fourth-order valence-corrected chi connectivity index (χ4v) is 1.60. The highest BCUT2D eigenvalue weighted by molar-refractivity contribution is 6.41. The number of hydrogen-bond acceptors (Lipinski definition) is 6. The first-order chi connectivity index (χ1) is 9.70. The van der Waals surface area contributed by atoms with Gasteiger partial charge in [-0.3, -0.25) is 4.79 Å². The van der Waals surface area contributed by atoms with E-state index in [9.17, 15) is 9.59 Å². The van der Waals surface area contributed by atoms with Crippen LogP contribution in [0, 0.1) is 0 Å². The molecule has 1 aromatic rings. The van der Waals surface area contributed by atoms with Crippen molar-refractivity contribution in [1.29, 1.82) is 0 Å². The first-order valence-electron chi connectivity index (χ1n) is 5.88. The van der Waals surface area contributed by atoms with Crippen molar-refractivity contribution >= 4 is 23.9 Å². The molecule has 104 valence electrons. The summed E-state index contributed by atoms with van der Waals surface area (Å²) in [6.07, 6.45) is 6.90. The molecule has 1 atom stereocenters. The summed E-state index contributed by atoms with van der Waals surface area (Å²) in [7, 11) is 0. The van der Waals surface area contributed by atoms with E-state index in [1.54, 1.807) is 0 Å². The molecular formula is C12H12N4O4. The summed E-state index contributed by atoms with van der Waals surface area (Å²) in [5, 5.41) is 15.0. The third-order valence-corrected chi connectivity index (χ3v) is 2.52. The van der Waals surface area contributed by atoms with E-state index in [2.05, 4.69) is 20.4 Å². The van der Waals surface area contributed by atoms with E-state index in [4.69, 9.17) is 9.94 Å². The average Bonchev–Trinajstić information content (AvgIpc) is 2.93. The Hall–Kier alpha value is -2.77. The average molecular weight is 276 g/mol. The van der Waals surface area contributed by atoms with Crippen molar-refractivity contribution in [3.05, 3.63) is 30.2 Å². The van der Waals surface area contributed by atoms with Crippen molar-refractivity contribution < 1.29 is 19.5 Å². The lowest BCUT2D eigenvalue weighted by Gasteiger charge is -2.06. The van der Waals surface area contributed by atoms with Crippen LogP contribution in [0.3, 0.4) is 0 Å². The molecule has 0 saturated carbocycles. The van der Waals surface area contributed by atoms with E-state index in [1.165, 1.54) is 12.3 Å². The summed E-state index contributed by atoms with van der Waals surface area (Å²) in [4.78, 5) is 34.3. The van der Waals surface area contributed by atoms with E-state index < -0.39 is 11.7 Å². The van der Waals surface area contributed by atoms with Gasteiger partial charge in [0, 0.05) is 6.20 Å². The maximum atomic E-state index is 11.2. The quantitative estimate of drug-likeness (QED) is 0.340. The molecule has 1 aromatic heterocycles. The number of allylic oxidation sites excluding steroid dienone is 1. The summed E-state index contributed by atoms with van der Waals surface area (Å²) in [5.41, 5.74) is -0.417. The second-order valence-electron chi connectivity index (χ2n) is 3.92. The number of nitrogens with one attached hydrogen (secondary N) is 1. The fourth-order valence-electron chi connectivity index (χ4n) is 1.60. The molecule has 1 heterocycles. The Kier molecular flexibility index (Phi) is 4.38. The summed E-state index contributed by atoms with van der Waals surface area (Å²) < 4.78 is 0. The number of anilines is 1.